The minimum Gasteiger partial charge on any atom is -0.404 e. The van der Waals surface area contributed by atoms with Gasteiger partial charge in [-0.25, -0.2) is 0 Å². The lowest BCUT2D eigenvalue weighted by atomic mass is 9.87. The molecule has 2 aromatic rings. The van der Waals surface area contributed by atoms with Crippen LogP contribution in [0.4, 0.5) is 5.69 Å². The van der Waals surface area contributed by atoms with Crippen molar-refractivity contribution in [2.75, 3.05) is 5.73 Å². The summed E-state index contributed by atoms with van der Waals surface area (Å²) in [5.74, 6) is -0.359. The van der Waals surface area contributed by atoms with E-state index in [1.807, 2.05) is 12.1 Å². The fourth-order valence-electron chi connectivity index (χ4n) is 2.50. The number of nitrogens with one attached hydrogen (secondary N) is 1. The summed E-state index contributed by atoms with van der Waals surface area (Å²) < 4.78 is 0. The molecule has 5 nitrogen and oxygen atoms in total. The van der Waals surface area contributed by atoms with Crippen LogP contribution in [0.2, 0.25) is 0 Å². The summed E-state index contributed by atoms with van der Waals surface area (Å²) in [6.07, 6.45) is 3.49. The van der Waals surface area contributed by atoms with E-state index in [2.05, 4.69) is 26.1 Å². The fraction of sp³-hybridized carbons (Fsp3) is 0.182. The topological polar surface area (TPSA) is 98.2 Å². The average Bonchev–Trinajstić information content (AvgIpc) is 2.65. The van der Waals surface area contributed by atoms with Crippen LogP contribution in [0.3, 0.4) is 0 Å². The van der Waals surface area contributed by atoms with Crippen LogP contribution in [-0.2, 0) is 10.2 Å². The first-order chi connectivity index (χ1) is 12.7. The lowest BCUT2D eigenvalue weighted by molar-refractivity contribution is -0.105. The minimum absolute atomic E-state index is 0.00274. The Kier molecular flexibility index (Phi) is 6.19. The highest BCUT2D eigenvalue weighted by Crippen LogP contribution is 2.22. The van der Waals surface area contributed by atoms with Gasteiger partial charge in [0.15, 0.2) is 6.29 Å². The standard InChI is InChI=1S/C22H25N3O2/c1-22(2,3)18-8-4-16(5-9-18)21(27)25-20(14-26)12-17(13-23)15-6-10-19(24)11-7-15/h4-14H,23-24H2,1-3H3,(H,25,27)/b17-13+,20-12+. The molecule has 0 aliphatic carbocycles. The van der Waals surface area contributed by atoms with Crippen LogP contribution >= 0.6 is 0 Å². The maximum atomic E-state index is 12.4. The summed E-state index contributed by atoms with van der Waals surface area (Å²) in [7, 11) is 0. The summed E-state index contributed by atoms with van der Waals surface area (Å²) in [5, 5.41) is 2.62. The molecule has 0 spiro atoms. The Labute approximate surface area is 159 Å². The number of rotatable bonds is 5. The number of nitrogen functional groups attached to an aromatic ring is 1. The number of hydrogen-bond acceptors (Lipinski definition) is 4. The minimum atomic E-state index is -0.359. The van der Waals surface area contributed by atoms with Crippen LogP contribution in [0.15, 0.2) is 66.5 Å². The smallest absolute Gasteiger partial charge is 0.255 e. The zero-order chi connectivity index (χ0) is 20.0. The first-order valence-corrected chi connectivity index (χ1v) is 8.61. The second-order valence-electron chi connectivity index (χ2n) is 7.24. The highest BCUT2D eigenvalue weighted by Gasteiger charge is 2.15. The van der Waals surface area contributed by atoms with Gasteiger partial charge >= 0.3 is 0 Å². The van der Waals surface area contributed by atoms with E-state index in [9.17, 15) is 9.59 Å². The Morgan fingerprint density at radius 2 is 1.52 bits per heavy atom. The van der Waals surface area contributed by atoms with E-state index in [-0.39, 0.29) is 17.0 Å². The molecule has 2 rings (SSSR count). The van der Waals surface area contributed by atoms with E-state index in [0.29, 0.717) is 23.1 Å². The zero-order valence-electron chi connectivity index (χ0n) is 15.8. The second kappa shape index (κ2) is 8.36. The SMILES string of the molecule is CC(C)(C)c1ccc(C(=O)N/C(C=O)=C/C(=C\N)c2ccc(N)cc2)cc1. The molecule has 0 unspecified atom stereocenters. The lowest BCUT2D eigenvalue weighted by Gasteiger charge is -2.19. The Hall–Kier alpha value is -3.34. The molecule has 0 heterocycles. The number of hydrogen-bond donors (Lipinski definition) is 3. The van der Waals surface area contributed by atoms with Crippen molar-refractivity contribution >= 4 is 23.5 Å². The van der Waals surface area contributed by atoms with Crippen LogP contribution in [0.25, 0.3) is 5.57 Å². The Morgan fingerprint density at radius 1 is 0.963 bits per heavy atom. The van der Waals surface area contributed by atoms with Gasteiger partial charge in [0.1, 0.15) is 0 Å². The van der Waals surface area contributed by atoms with Crippen molar-refractivity contribution in [1.82, 2.24) is 5.32 Å². The van der Waals surface area contributed by atoms with Crippen molar-refractivity contribution < 1.29 is 9.59 Å². The molecular weight excluding hydrogens is 338 g/mol. The van der Waals surface area contributed by atoms with E-state index in [1.165, 1.54) is 12.3 Å². The van der Waals surface area contributed by atoms with Gasteiger partial charge in [-0.3, -0.25) is 9.59 Å². The van der Waals surface area contributed by atoms with Gasteiger partial charge in [0.2, 0.25) is 0 Å². The predicted octanol–water partition coefficient (Wildman–Crippen LogP) is 3.38. The van der Waals surface area contributed by atoms with Gasteiger partial charge in [0, 0.05) is 17.5 Å². The van der Waals surface area contributed by atoms with Crippen molar-refractivity contribution in [3.63, 3.8) is 0 Å². The number of amides is 1. The van der Waals surface area contributed by atoms with Crippen LogP contribution in [0, 0.1) is 0 Å². The average molecular weight is 363 g/mol. The molecule has 0 bridgehead atoms. The van der Waals surface area contributed by atoms with Gasteiger partial charge in [-0.2, -0.15) is 0 Å². The molecule has 5 N–H and O–H groups in total. The Balaban J connectivity index is 2.19. The van der Waals surface area contributed by atoms with Crippen LogP contribution in [0.1, 0.15) is 42.3 Å². The molecule has 5 heteroatoms. The number of anilines is 1. The second-order valence-corrected chi connectivity index (χ2v) is 7.24. The molecule has 0 aliphatic rings. The zero-order valence-corrected chi connectivity index (χ0v) is 15.8. The normalized spacial score (nSPS) is 12.6. The van der Waals surface area contributed by atoms with Crippen LogP contribution in [-0.4, -0.2) is 12.2 Å². The molecule has 0 aromatic heterocycles. The van der Waals surface area contributed by atoms with Crippen LogP contribution in [0.5, 0.6) is 0 Å². The fourth-order valence-corrected chi connectivity index (χ4v) is 2.50. The molecule has 0 aliphatic heterocycles. The molecule has 0 saturated heterocycles. The summed E-state index contributed by atoms with van der Waals surface area (Å²) in [6, 6.07) is 14.4. The highest BCUT2D eigenvalue weighted by atomic mass is 16.2. The summed E-state index contributed by atoms with van der Waals surface area (Å²) in [5.41, 5.74) is 15.1. The third-order valence-corrected chi connectivity index (χ3v) is 4.13. The molecule has 0 fully saturated rings. The largest absolute Gasteiger partial charge is 0.404 e. The quantitative estimate of drug-likeness (QED) is 0.328. The number of aldehydes is 1. The first kappa shape index (κ1) is 20.0. The van der Waals surface area contributed by atoms with Gasteiger partial charge < -0.3 is 16.8 Å². The van der Waals surface area contributed by atoms with Gasteiger partial charge in [-0.15, -0.1) is 0 Å². The monoisotopic (exact) mass is 363 g/mol. The van der Waals surface area contributed by atoms with E-state index in [4.69, 9.17) is 11.5 Å². The number of carbonyl (C=O) groups excluding carboxylic acids is 2. The van der Waals surface area contributed by atoms with Gasteiger partial charge in [0.25, 0.3) is 5.91 Å². The third kappa shape index (κ3) is 5.31. The predicted molar refractivity (Wildman–Crippen MR) is 110 cm³/mol. The molecule has 140 valence electrons. The lowest BCUT2D eigenvalue weighted by Crippen LogP contribution is -2.24. The van der Waals surface area contributed by atoms with Crippen molar-refractivity contribution in [2.45, 2.75) is 26.2 Å². The molecule has 2 aromatic carbocycles. The third-order valence-electron chi connectivity index (χ3n) is 4.13. The number of carbonyl (C=O) groups is 2. The Morgan fingerprint density at radius 3 is 2.00 bits per heavy atom. The van der Waals surface area contributed by atoms with E-state index in [0.717, 1.165) is 11.1 Å². The van der Waals surface area contributed by atoms with E-state index in [1.54, 1.807) is 36.4 Å². The summed E-state index contributed by atoms with van der Waals surface area (Å²) >= 11 is 0. The molecule has 27 heavy (non-hydrogen) atoms. The molecule has 0 atom stereocenters. The summed E-state index contributed by atoms with van der Waals surface area (Å²) in [6.45, 7) is 6.31. The number of allylic oxidation sites excluding steroid dienone is 3. The maximum absolute atomic E-state index is 12.4. The maximum Gasteiger partial charge on any atom is 0.255 e. The van der Waals surface area contributed by atoms with Crippen molar-refractivity contribution in [3.05, 3.63) is 83.2 Å². The first-order valence-electron chi connectivity index (χ1n) is 8.61. The highest BCUT2D eigenvalue weighted by molar-refractivity contribution is 5.99. The van der Waals surface area contributed by atoms with Gasteiger partial charge in [-0.1, -0.05) is 45.0 Å². The molecule has 1 amide bonds. The van der Waals surface area contributed by atoms with E-state index < -0.39 is 0 Å². The van der Waals surface area contributed by atoms with Crippen LogP contribution < -0.4 is 16.8 Å². The molecular formula is C22H25N3O2. The van der Waals surface area contributed by atoms with Crippen molar-refractivity contribution in [2.24, 2.45) is 5.73 Å². The van der Waals surface area contributed by atoms with E-state index >= 15 is 0 Å². The number of benzene rings is 2. The van der Waals surface area contributed by atoms with Crippen molar-refractivity contribution in [1.29, 1.82) is 0 Å². The Bertz CT molecular complexity index is 871. The number of nitrogens with two attached hydrogens (primary N) is 2. The van der Waals surface area contributed by atoms with Gasteiger partial charge in [-0.05, 0) is 52.5 Å². The van der Waals surface area contributed by atoms with Gasteiger partial charge in [0.05, 0.1) is 5.70 Å². The molecule has 0 radical (unpaired) electrons. The van der Waals surface area contributed by atoms with Crippen molar-refractivity contribution in [3.8, 4) is 0 Å². The summed E-state index contributed by atoms with van der Waals surface area (Å²) in [4.78, 5) is 23.9. The molecule has 0 saturated carbocycles.